The zero-order chi connectivity index (χ0) is 28.2. The maximum atomic E-state index is 14.9. The van der Waals surface area contributed by atoms with Gasteiger partial charge in [-0.15, -0.1) is 0 Å². The Labute approximate surface area is 209 Å². The van der Waals surface area contributed by atoms with Crippen molar-refractivity contribution >= 4 is 5.91 Å². The van der Waals surface area contributed by atoms with Crippen LogP contribution in [0.2, 0.25) is 0 Å². The highest BCUT2D eigenvalue weighted by atomic mass is 19.2. The summed E-state index contributed by atoms with van der Waals surface area (Å²) >= 11 is 0. The van der Waals surface area contributed by atoms with Crippen molar-refractivity contribution in [3.05, 3.63) is 0 Å². The number of hydrogen-bond donors (Lipinski definition) is 12. The van der Waals surface area contributed by atoms with E-state index >= 15 is 0 Å². The number of alkyl halides is 1. The number of carbonyl (C=O) groups excluding carboxylic acids is 1. The zero-order valence-electron chi connectivity index (χ0n) is 19.7. The third-order valence-electron chi connectivity index (χ3n) is 7.20. The molecule has 0 bridgehead atoms. The van der Waals surface area contributed by atoms with E-state index in [2.05, 4.69) is 0 Å². The number of aliphatic hydroxyl groups is 11. The van der Waals surface area contributed by atoms with Crippen LogP contribution in [0.4, 0.5) is 4.39 Å². The van der Waals surface area contributed by atoms with Crippen molar-refractivity contribution in [2.45, 2.75) is 111 Å². The van der Waals surface area contributed by atoms with Crippen molar-refractivity contribution in [1.82, 2.24) is 5.32 Å². The zero-order valence-corrected chi connectivity index (χ0v) is 19.7. The third-order valence-corrected chi connectivity index (χ3v) is 7.20. The summed E-state index contributed by atoms with van der Waals surface area (Å²) in [6.45, 7) is 0.839. The van der Waals surface area contributed by atoms with Crippen LogP contribution in [0, 0.1) is 0 Å². The van der Waals surface area contributed by atoms with E-state index in [9.17, 15) is 65.4 Å². The number of amides is 1. The van der Waals surface area contributed by atoms with Crippen LogP contribution < -0.4 is 5.32 Å². The Morgan fingerprint density at radius 3 is 2.08 bits per heavy atom. The standard InChI is InChI=1S/C20H34FNO15/c1-4-8(25)15(31)19(33,16-7(22-5(2)24)14(30)20(21,34)6(3-23)36-16)17(35-4)12(29)13-10(27)9(26)11(28)18(32)37-13/h4,6-18,23,25-34H,3H2,1-2H3,(H,22,24)/t4-,6-,7+,8-,9+,10+,11-,12?,13+,14-,15+,16-,17+,18+,19-,20-/m1/s1. The van der Waals surface area contributed by atoms with Gasteiger partial charge >= 0.3 is 0 Å². The second kappa shape index (κ2) is 10.8. The minimum atomic E-state index is -3.69. The Bertz CT molecular complexity index is 823. The highest BCUT2D eigenvalue weighted by Crippen LogP contribution is 2.44. The molecule has 0 aromatic heterocycles. The molecule has 1 amide bonds. The van der Waals surface area contributed by atoms with E-state index in [-0.39, 0.29) is 0 Å². The van der Waals surface area contributed by atoms with Crippen molar-refractivity contribution in [2.24, 2.45) is 0 Å². The van der Waals surface area contributed by atoms with Gasteiger partial charge in [-0.25, -0.2) is 4.39 Å². The first-order valence-electron chi connectivity index (χ1n) is 11.4. The molecule has 17 heteroatoms. The molecule has 3 aliphatic heterocycles. The first-order chi connectivity index (χ1) is 17.0. The summed E-state index contributed by atoms with van der Waals surface area (Å²) in [6.07, 6.45) is -27.6. The molecule has 0 aromatic rings. The largest absolute Gasteiger partial charge is 0.393 e. The maximum Gasteiger partial charge on any atom is 0.263 e. The molecule has 16 atom stereocenters. The van der Waals surface area contributed by atoms with Crippen LogP contribution in [0.15, 0.2) is 0 Å². The van der Waals surface area contributed by atoms with E-state index in [4.69, 9.17) is 14.2 Å². The Morgan fingerprint density at radius 2 is 1.54 bits per heavy atom. The second-order valence-corrected chi connectivity index (χ2v) is 9.66. The second-order valence-electron chi connectivity index (χ2n) is 9.66. The molecule has 0 aliphatic carbocycles. The van der Waals surface area contributed by atoms with Crippen LogP contribution in [0.25, 0.3) is 0 Å². The van der Waals surface area contributed by atoms with Crippen molar-refractivity contribution in [2.75, 3.05) is 6.61 Å². The van der Waals surface area contributed by atoms with Crippen molar-refractivity contribution in [3.8, 4) is 0 Å². The average Bonchev–Trinajstić information content (AvgIpc) is 2.83. The quantitative estimate of drug-likeness (QED) is 0.152. The van der Waals surface area contributed by atoms with Gasteiger partial charge < -0.3 is 75.7 Å². The number of hydrogen-bond acceptors (Lipinski definition) is 15. The summed E-state index contributed by atoms with van der Waals surface area (Å²) < 4.78 is 30.7. The third kappa shape index (κ3) is 4.98. The molecule has 37 heavy (non-hydrogen) atoms. The molecule has 3 fully saturated rings. The van der Waals surface area contributed by atoms with E-state index in [1.807, 2.05) is 5.32 Å². The van der Waals surface area contributed by atoms with Gasteiger partial charge in [0.25, 0.3) is 5.85 Å². The molecule has 216 valence electrons. The predicted molar refractivity (Wildman–Crippen MR) is 112 cm³/mol. The SMILES string of the molecule is CC(=O)N[C@H]1[C@@H](O)[C@@](O)(F)[C@@H](CO)O[C@H]1[C@@]1(O)[C@H](C(O)[C@H]2O[C@H](O)[C@H](O)[C@@H](O)[C@@H]2O)O[C@H](C)[C@@H](O)[C@@H]1O. The van der Waals surface area contributed by atoms with E-state index in [0.717, 1.165) is 6.92 Å². The average molecular weight is 547 g/mol. The monoisotopic (exact) mass is 547 g/mol. The van der Waals surface area contributed by atoms with Gasteiger partial charge in [0, 0.05) is 6.92 Å². The van der Waals surface area contributed by atoms with Gasteiger partial charge in [-0.2, -0.15) is 0 Å². The normalized spacial score (nSPS) is 53.9. The summed E-state index contributed by atoms with van der Waals surface area (Å²) in [7, 11) is 0. The number of carbonyl (C=O) groups is 1. The summed E-state index contributed by atoms with van der Waals surface area (Å²) in [5.74, 6) is -4.63. The molecule has 3 aliphatic rings. The van der Waals surface area contributed by atoms with Crippen molar-refractivity contribution in [1.29, 1.82) is 0 Å². The van der Waals surface area contributed by atoms with Crippen LogP contribution in [0.5, 0.6) is 0 Å². The lowest BCUT2D eigenvalue weighted by Gasteiger charge is -2.58. The van der Waals surface area contributed by atoms with Gasteiger partial charge in [0.2, 0.25) is 5.91 Å². The van der Waals surface area contributed by atoms with Gasteiger partial charge in [-0.3, -0.25) is 4.79 Å². The lowest BCUT2D eigenvalue weighted by Crippen LogP contribution is -2.81. The molecule has 3 rings (SSSR count). The lowest BCUT2D eigenvalue weighted by molar-refractivity contribution is -0.374. The lowest BCUT2D eigenvalue weighted by atomic mass is 9.70. The Hall–Kier alpha value is -1.16. The van der Waals surface area contributed by atoms with Gasteiger partial charge in [-0.1, -0.05) is 0 Å². The molecule has 3 saturated heterocycles. The molecular formula is C20H34FNO15. The van der Waals surface area contributed by atoms with Crippen LogP contribution in [-0.4, -0.2) is 166 Å². The molecule has 0 radical (unpaired) electrons. The molecule has 0 saturated carbocycles. The number of ether oxygens (including phenoxy) is 3. The van der Waals surface area contributed by atoms with E-state index in [1.54, 1.807) is 0 Å². The Kier molecular flexibility index (Phi) is 8.85. The van der Waals surface area contributed by atoms with Gasteiger partial charge in [-0.05, 0) is 6.92 Å². The first-order valence-corrected chi connectivity index (χ1v) is 11.4. The first kappa shape index (κ1) is 30.4. The van der Waals surface area contributed by atoms with E-state index < -0.39 is 110 Å². The highest BCUT2D eigenvalue weighted by molar-refractivity contribution is 5.73. The predicted octanol–water partition coefficient (Wildman–Crippen LogP) is -7.33. The van der Waals surface area contributed by atoms with Crippen LogP contribution in [-0.2, 0) is 19.0 Å². The Balaban J connectivity index is 2.11. The summed E-state index contributed by atoms with van der Waals surface area (Å²) in [4.78, 5) is 11.8. The Morgan fingerprint density at radius 1 is 0.946 bits per heavy atom. The summed E-state index contributed by atoms with van der Waals surface area (Å²) in [6, 6.07) is -2.09. The number of rotatable bonds is 5. The fourth-order valence-electron chi connectivity index (χ4n) is 5.07. The number of halogens is 1. The summed E-state index contributed by atoms with van der Waals surface area (Å²) in [5.41, 5.74) is -3.13. The molecule has 3 heterocycles. The highest BCUT2D eigenvalue weighted by Gasteiger charge is 2.69. The van der Waals surface area contributed by atoms with Gasteiger partial charge in [0.15, 0.2) is 6.29 Å². The van der Waals surface area contributed by atoms with E-state index in [1.165, 1.54) is 6.92 Å². The van der Waals surface area contributed by atoms with E-state index in [0.29, 0.717) is 0 Å². The van der Waals surface area contributed by atoms with Gasteiger partial charge in [0.05, 0.1) is 18.8 Å². The maximum absolute atomic E-state index is 14.9. The molecule has 0 aromatic carbocycles. The van der Waals surface area contributed by atoms with Crippen molar-refractivity contribution in [3.63, 3.8) is 0 Å². The fraction of sp³-hybridized carbons (Fsp3) is 0.950. The molecular weight excluding hydrogens is 513 g/mol. The minimum Gasteiger partial charge on any atom is -0.393 e. The fourth-order valence-corrected chi connectivity index (χ4v) is 5.07. The molecule has 12 N–H and O–H groups in total. The van der Waals surface area contributed by atoms with Crippen molar-refractivity contribution < 1.29 is 79.6 Å². The molecule has 1 unspecified atom stereocenters. The topological polar surface area (TPSA) is 279 Å². The summed E-state index contributed by atoms with van der Waals surface area (Å²) in [5, 5.41) is 116. The number of nitrogens with one attached hydrogen (secondary N) is 1. The molecule has 0 spiro atoms. The smallest absolute Gasteiger partial charge is 0.263 e. The minimum absolute atomic E-state index is 0.917. The van der Waals surface area contributed by atoms with Crippen LogP contribution >= 0.6 is 0 Å². The molecule has 16 nitrogen and oxygen atoms in total. The van der Waals surface area contributed by atoms with Crippen LogP contribution in [0.1, 0.15) is 13.8 Å². The number of aliphatic hydroxyl groups excluding tert-OH is 9. The van der Waals surface area contributed by atoms with Gasteiger partial charge in [0.1, 0.15) is 72.7 Å². The van der Waals surface area contributed by atoms with Crippen LogP contribution in [0.3, 0.4) is 0 Å².